The number of hydrogen-bond acceptors (Lipinski definition) is 4. The summed E-state index contributed by atoms with van der Waals surface area (Å²) in [5, 5.41) is 11.9. The van der Waals surface area contributed by atoms with E-state index in [4.69, 9.17) is 31.0 Å². The summed E-state index contributed by atoms with van der Waals surface area (Å²) in [7, 11) is 6.11. The van der Waals surface area contributed by atoms with Gasteiger partial charge < -0.3 is 10.6 Å². The maximum Gasteiger partial charge on any atom is 0.251 e. The minimum absolute atomic E-state index is 0.146. The zero-order valence-electron chi connectivity index (χ0n) is 19.1. The third-order valence-electron chi connectivity index (χ3n) is 5.70. The molecule has 176 valence electrons. The molecule has 3 aromatic carbocycles. The van der Waals surface area contributed by atoms with Gasteiger partial charge in [-0.1, -0.05) is 65.7 Å². The van der Waals surface area contributed by atoms with E-state index in [2.05, 4.69) is 20.7 Å². The third kappa shape index (κ3) is 5.22. The highest BCUT2D eigenvalue weighted by molar-refractivity contribution is 6.36. The van der Waals surface area contributed by atoms with Crippen LogP contribution in [-0.4, -0.2) is 28.4 Å². The molecule has 0 atom stereocenters. The largest absolute Gasteiger partial charge is 0.366 e. The molecule has 2 heterocycles. The molecule has 0 aliphatic heterocycles. The quantitative estimate of drug-likeness (QED) is 0.300. The number of halogens is 2. The van der Waals surface area contributed by atoms with Crippen LogP contribution < -0.4 is 16.1 Å². The van der Waals surface area contributed by atoms with Crippen LogP contribution in [0.5, 0.6) is 0 Å². The van der Waals surface area contributed by atoms with Gasteiger partial charge in [-0.15, -0.1) is 0 Å². The molecule has 0 fully saturated rings. The molecule has 5 rings (SSSR count). The van der Waals surface area contributed by atoms with E-state index in [1.165, 1.54) is 0 Å². The summed E-state index contributed by atoms with van der Waals surface area (Å²) >= 11 is 12.3. The van der Waals surface area contributed by atoms with Gasteiger partial charge in [0.05, 0.1) is 5.69 Å². The Morgan fingerprint density at radius 1 is 0.917 bits per heavy atom. The van der Waals surface area contributed by atoms with Crippen molar-refractivity contribution in [2.24, 2.45) is 0 Å². The van der Waals surface area contributed by atoms with Crippen molar-refractivity contribution in [2.45, 2.75) is 13.1 Å². The van der Waals surface area contributed by atoms with Crippen LogP contribution in [0.3, 0.4) is 0 Å². The maximum atomic E-state index is 12.3. The smallest absolute Gasteiger partial charge is 0.251 e. The predicted octanol–water partition coefficient (Wildman–Crippen LogP) is 5.04. The molecule has 0 spiro atoms. The lowest BCUT2D eigenvalue weighted by Crippen LogP contribution is -2.22. The van der Waals surface area contributed by atoms with Gasteiger partial charge in [0, 0.05) is 46.5 Å². The van der Waals surface area contributed by atoms with Crippen molar-refractivity contribution in [3.8, 4) is 11.3 Å². The standard InChI is InChI=1S/C27H20BCl2N5O/c28-22-16-33-35-25(13-24(34-26(22)35)21-3-1-2-4-23(21)30)31-14-17-5-7-18(8-6-17)15-32-27(36)19-9-11-20(29)12-10-19/h1-13,16,31H,14-15H2,(H,32,36). The maximum absolute atomic E-state index is 12.3. The number of amides is 1. The van der Waals surface area contributed by atoms with Gasteiger partial charge in [-0.3, -0.25) is 4.79 Å². The molecule has 0 aliphatic rings. The molecule has 5 aromatic rings. The van der Waals surface area contributed by atoms with Crippen LogP contribution in [0.4, 0.5) is 5.82 Å². The number of anilines is 1. The number of fused-ring (bicyclic) bond motifs is 1. The number of aromatic nitrogens is 3. The first-order valence-corrected chi connectivity index (χ1v) is 12.0. The van der Waals surface area contributed by atoms with Crippen LogP contribution in [0.1, 0.15) is 21.5 Å². The van der Waals surface area contributed by atoms with E-state index in [1.807, 2.05) is 54.6 Å². The Labute approximate surface area is 219 Å². The minimum Gasteiger partial charge on any atom is -0.366 e. The van der Waals surface area contributed by atoms with Gasteiger partial charge in [0.25, 0.3) is 5.91 Å². The Hall–Kier alpha value is -3.81. The van der Waals surface area contributed by atoms with Crippen LogP contribution in [0.15, 0.2) is 85.1 Å². The van der Waals surface area contributed by atoms with Crippen LogP contribution >= 0.6 is 23.2 Å². The van der Waals surface area contributed by atoms with Crippen LogP contribution in [-0.2, 0) is 13.1 Å². The van der Waals surface area contributed by atoms with Crippen molar-refractivity contribution in [1.82, 2.24) is 19.9 Å². The van der Waals surface area contributed by atoms with Crippen LogP contribution in [0.25, 0.3) is 16.9 Å². The Balaban J connectivity index is 1.28. The molecular weight excluding hydrogens is 492 g/mol. The Bertz CT molecular complexity index is 1530. The van der Waals surface area contributed by atoms with Crippen molar-refractivity contribution in [3.05, 3.63) is 112 Å². The number of hydrogen-bond donors (Lipinski definition) is 2. The number of carbonyl (C=O) groups is 1. The number of benzene rings is 3. The summed E-state index contributed by atoms with van der Waals surface area (Å²) in [6, 6.07) is 24.3. The van der Waals surface area contributed by atoms with E-state index in [9.17, 15) is 4.79 Å². The number of carbonyl (C=O) groups excluding carboxylic acids is 1. The average Bonchev–Trinajstić information content (AvgIpc) is 3.27. The Morgan fingerprint density at radius 3 is 2.33 bits per heavy atom. The second kappa shape index (κ2) is 10.4. The van der Waals surface area contributed by atoms with Crippen molar-refractivity contribution in [2.75, 3.05) is 5.32 Å². The lowest BCUT2D eigenvalue weighted by atomic mass is 10.0. The molecule has 6 nitrogen and oxygen atoms in total. The summed E-state index contributed by atoms with van der Waals surface area (Å²) in [5.74, 6) is 0.595. The molecule has 0 unspecified atom stereocenters. The Morgan fingerprint density at radius 2 is 1.61 bits per heavy atom. The highest BCUT2D eigenvalue weighted by atomic mass is 35.5. The fourth-order valence-electron chi connectivity index (χ4n) is 3.77. The topological polar surface area (TPSA) is 71.3 Å². The van der Waals surface area contributed by atoms with Gasteiger partial charge in [0.1, 0.15) is 13.7 Å². The fraction of sp³-hybridized carbons (Fsp3) is 0.0741. The summed E-state index contributed by atoms with van der Waals surface area (Å²) < 4.78 is 1.68. The van der Waals surface area contributed by atoms with Crippen LogP contribution in [0.2, 0.25) is 10.0 Å². The predicted molar refractivity (Wildman–Crippen MR) is 145 cm³/mol. The van der Waals surface area contributed by atoms with Crippen molar-refractivity contribution >= 4 is 53.9 Å². The molecule has 0 bridgehead atoms. The molecule has 9 heteroatoms. The first-order valence-electron chi connectivity index (χ1n) is 11.2. The van der Waals surface area contributed by atoms with Crippen molar-refractivity contribution < 1.29 is 4.79 Å². The first kappa shape index (κ1) is 23.9. The average molecular weight is 512 g/mol. The highest BCUT2D eigenvalue weighted by Gasteiger charge is 2.12. The molecule has 2 radical (unpaired) electrons. The number of nitrogens with one attached hydrogen (secondary N) is 2. The van der Waals surface area contributed by atoms with Gasteiger partial charge in [0.2, 0.25) is 0 Å². The van der Waals surface area contributed by atoms with E-state index >= 15 is 0 Å². The highest BCUT2D eigenvalue weighted by Crippen LogP contribution is 2.28. The second-order valence-corrected chi connectivity index (χ2v) is 9.05. The first-order chi connectivity index (χ1) is 17.5. The Kier molecular flexibility index (Phi) is 6.94. The normalized spacial score (nSPS) is 10.9. The third-order valence-corrected chi connectivity index (χ3v) is 6.29. The van der Waals surface area contributed by atoms with Gasteiger partial charge in [-0.2, -0.15) is 9.61 Å². The second-order valence-electron chi connectivity index (χ2n) is 8.20. The van der Waals surface area contributed by atoms with Gasteiger partial charge in [0.15, 0.2) is 5.65 Å². The van der Waals surface area contributed by atoms with E-state index < -0.39 is 0 Å². The minimum atomic E-state index is -0.146. The monoisotopic (exact) mass is 511 g/mol. The van der Waals surface area contributed by atoms with Gasteiger partial charge in [-0.25, -0.2) is 4.98 Å². The molecule has 0 saturated carbocycles. The molecule has 0 saturated heterocycles. The van der Waals surface area contributed by atoms with E-state index in [0.29, 0.717) is 45.5 Å². The number of nitrogens with zero attached hydrogens (tertiary/aromatic N) is 3. The molecule has 0 aliphatic carbocycles. The molecular formula is C27H20BCl2N5O. The van der Waals surface area contributed by atoms with Gasteiger partial charge in [-0.05, 0) is 46.9 Å². The lowest BCUT2D eigenvalue weighted by Gasteiger charge is -2.12. The molecule has 36 heavy (non-hydrogen) atoms. The van der Waals surface area contributed by atoms with Crippen molar-refractivity contribution in [1.29, 1.82) is 0 Å². The summed E-state index contributed by atoms with van der Waals surface area (Å²) in [5.41, 5.74) is 5.18. The van der Waals surface area contributed by atoms with E-state index in [-0.39, 0.29) is 5.91 Å². The van der Waals surface area contributed by atoms with E-state index in [0.717, 1.165) is 22.5 Å². The summed E-state index contributed by atoms with van der Waals surface area (Å²) in [4.78, 5) is 17.0. The molecule has 1 amide bonds. The van der Waals surface area contributed by atoms with Crippen LogP contribution in [0, 0.1) is 0 Å². The molecule has 2 aromatic heterocycles. The van der Waals surface area contributed by atoms with Gasteiger partial charge >= 0.3 is 0 Å². The number of rotatable bonds is 7. The van der Waals surface area contributed by atoms with Crippen molar-refractivity contribution in [3.63, 3.8) is 0 Å². The zero-order chi connectivity index (χ0) is 25.1. The summed E-state index contributed by atoms with van der Waals surface area (Å²) in [6.45, 7) is 0.978. The van der Waals surface area contributed by atoms with E-state index in [1.54, 1.807) is 35.0 Å². The fourth-order valence-corrected chi connectivity index (χ4v) is 4.12. The lowest BCUT2D eigenvalue weighted by molar-refractivity contribution is 0.0951. The summed E-state index contributed by atoms with van der Waals surface area (Å²) in [6.07, 6.45) is 1.58. The molecule has 2 N–H and O–H groups in total. The zero-order valence-corrected chi connectivity index (χ0v) is 20.6. The SMILES string of the molecule is [B]c1cnn2c(NCc3ccc(CNC(=O)c4ccc(Cl)cc4)cc3)cc(-c3ccccc3Cl)nc12.